The molecule has 1 atom stereocenters. The lowest BCUT2D eigenvalue weighted by Gasteiger charge is -2.16. The highest BCUT2D eigenvalue weighted by atomic mass is 35.5. The Morgan fingerprint density at radius 3 is 2.41 bits per heavy atom. The topological polar surface area (TPSA) is 111 Å². The summed E-state index contributed by atoms with van der Waals surface area (Å²) in [6.07, 6.45) is 0.171. The molecule has 3 amide bonds. The molecule has 0 saturated carbocycles. The van der Waals surface area contributed by atoms with Gasteiger partial charge in [0.1, 0.15) is 6.04 Å². The fraction of sp³-hybridized carbons (Fsp3) is 0.167. The second kappa shape index (κ2) is 9.80. The first-order valence-corrected chi connectivity index (χ1v) is 8.63. The highest BCUT2D eigenvalue weighted by Crippen LogP contribution is 2.29. The molecule has 0 aromatic heterocycles. The van der Waals surface area contributed by atoms with Crippen molar-refractivity contribution >= 4 is 46.8 Å². The third-order valence-electron chi connectivity index (χ3n) is 3.45. The van der Waals surface area contributed by atoms with E-state index in [4.69, 9.17) is 33.7 Å². The van der Waals surface area contributed by atoms with E-state index in [-0.39, 0.29) is 16.5 Å². The fourth-order valence-corrected chi connectivity index (χ4v) is 2.59. The average molecular weight is 410 g/mol. The molecule has 9 heteroatoms. The van der Waals surface area contributed by atoms with Crippen LogP contribution in [0.3, 0.4) is 0 Å². The summed E-state index contributed by atoms with van der Waals surface area (Å²) in [4.78, 5) is 35.4. The number of carbonyl (C=O) groups excluding carboxylic acids is 3. The number of nitrogens with two attached hydrogens (primary N) is 1. The van der Waals surface area contributed by atoms with Crippen LogP contribution < -0.4 is 16.4 Å². The lowest BCUT2D eigenvalue weighted by atomic mass is 10.1. The minimum atomic E-state index is -1.02. The SMILES string of the molecule is NC(=O)N[C@@H](Cc1ccccc1)C(=O)OCC(=O)Nc1cccc(Cl)c1Cl. The number of primary amides is 1. The maximum Gasteiger partial charge on any atom is 0.329 e. The van der Waals surface area contributed by atoms with Crippen LogP contribution in [0.5, 0.6) is 0 Å². The van der Waals surface area contributed by atoms with Gasteiger partial charge in [-0.2, -0.15) is 0 Å². The van der Waals surface area contributed by atoms with Gasteiger partial charge >= 0.3 is 12.0 Å². The molecule has 2 aromatic carbocycles. The van der Waals surface area contributed by atoms with Crippen LogP contribution in [0.15, 0.2) is 48.5 Å². The largest absolute Gasteiger partial charge is 0.454 e. The minimum Gasteiger partial charge on any atom is -0.454 e. The van der Waals surface area contributed by atoms with Gasteiger partial charge in [0.15, 0.2) is 6.61 Å². The number of halogens is 2. The molecule has 0 fully saturated rings. The molecular weight excluding hydrogens is 393 g/mol. The van der Waals surface area contributed by atoms with Gasteiger partial charge in [0.25, 0.3) is 5.91 Å². The molecule has 0 unspecified atom stereocenters. The zero-order valence-electron chi connectivity index (χ0n) is 14.1. The maximum atomic E-state index is 12.2. The minimum absolute atomic E-state index is 0.171. The summed E-state index contributed by atoms with van der Waals surface area (Å²) >= 11 is 11.9. The number of urea groups is 1. The monoisotopic (exact) mass is 409 g/mol. The number of rotatable bonds is 7. The first-order valence-electron chi connectivity index (χ1n) is 7.87. The Kier molecular flexibility index (Phi) is 7.45. The summed E-state index contributed by atoms with van der Waals surface area (Å²) in [6.45, 7) is -0.562. The number of esters is 1. The molecule has 0 aliphatic rings. The number of amides is 3. The summed E-state index contributed by atoms with van der Waals surface area (Å²) in [5.41, 5.74) is 6.20. The Bertz CT molecular complexity index is 831. The summed E-state index contributed by atoms with van der Waals surface area (Å²) in [5, 5.41) is 5.26. The molecule has 0 saturated heterocycles. The molecule has 0 spiro atoms. The van der Waals surface area contributed by atoms with Crippen molar-refractivity contribution in [2.24, 2.45) is 5.73 Å². The lowest BCUT2D eigenvalue weighted by molar-refractivity contribution is -0.149. The molecule has 2 rings (SSSR count). The van der Waals surface area contributed by atoms with Crippen LogP contribution in [-0.4, -0.2) is 30.6 Å². The van der Waals surface area contributed by atoms with Crippen molar-refractivity contribution in [3.63, 3.8) is 0 Å². The van der Waals surface area contributed by atoms with Gasteiger partial charge in [0, 0.05) is 6.42 Å². The van der Waals surface area contributed by atoms with Crippen LogP contribution in [0.1, 0.15) is 5.56 Å². The quantitative estimate of drug-likeness (QED) is 0.610. The predicted molar refractivity (Wildman–Crippen MR) is 103 cm³/mol. The molecule has 0 aliphatic heterocycles. The number of benzene rings is 2. The maximum absolute atomic E-state index is 12.2. The van der Waals surface area contributed by atoms with Crippen LogP contribution in [-0.2, 0) is 20.7 Å². The van der Waals surface area contributed by atoms with Crippen molar-refractivity contribution in [2.45, 2.75) is 12.5 Å². The second-order valence-corrected chi connectivity index (χ2v) is 6.29. The zero-order valence-corrected chi connectivity index (χ0v) is 15.6. The summed E-state index contributed by atoms with van der Waals surface area (Å²) in [7, 11) is 0. The molecule has 142 valence electrons. The first-order chi connectivity index (χ1) is 12.9. The Hall–Kier alpha value is -2.77. The Balaban J connectivity index is 1.94. The van der Waals surface area contributed by atoms with E-state index in [1.165, 1.54) is 0 Å². The van der Waals surface area contributed by atoms with E-state index in [0.717, 1.165) is 5.56 Å². The van der Waals surface area contributed by atoms with E-state index < -0.39 is 30.6 Å². The van der Waals surface area contributed by atoms with Gasteiger partial charge in [-0.15, -0.1) is 0 Å². The molecule has 4 N–H and O–H groups in total. The number of nitrogens with one attached hydrogen (secondary N) is 2. The van der Waals surface area contributed by atoms with Crippen LogP contribution in [0.4, 0.5) is 10.5 Å². The van der Waals surface area contributed by atoms with Gasteiger partial charge < -0.3 is 21.1 Å². The van der Waals surface area contributed by atoms with E-state index in [9.17, 15) is 14.4 Å². The molecule has 7 nitrogen and oxygen atoms in total. The van der Waals surface area contributed by atoms with E-state index in [1.807, 2.05) is 6.07 Å². The van der Waals surface area contributed by atoms with E-state index in [0.29, 0.717) is 5.69 Å². The molecule has 2 aromatic rings. The average Bonchev–Trinajstić information content (AvgIpc) is 2.63. The third-order valence-corrected chi connectivity index (χ3v) is 4.27. The van der Waals surface area contributed by atoms with Crippen LogP contribution in [0, 0.1) is 0 Å². The fourth-order valence-electron chi connectivity index (χ4n) is 2.24. The summed E-state index contributed by atoms with van der Waals surface area (Å²) < 4.78 is 4.98. The number of carbonyl (C=O) groups is 3. The van der Waals surface area contributed by atoms with E-state index in [2.05, 4.69) is 10.6 Å². The van der Waals surface area contributed by atoms with Crippen molar-refractivity contribution in [3.8, 4) is 0 Å². The van der Waals surface area contributed by atoms with Crippen molar-refractivity contribution in [3.05, 3.63) is 64.1 Å². The zero-order chi connectivity index (χ0) is 19.8. The molecule has 0 radical (unpaired) electrons. The van der Waals surface area contributed by atoms with Crippen LogP contribution in [0.2, 0.25) is 10.0 Å². The molecule has 27 heavy (non-hydrogen) atoms. The summed E-state index contributed by atoms with van der Waals surface area (Å²) in [5.74, 6) is -1.39. The smallest absolute Gasteiger partial charge is 0.329 e. The first kappa shape index (κ1) is 20.5. The van der Waals surface area contributed by atoms with Gasteiger partial charge in [-0.1, -0.05) is 59.6 Å². The van der Waals surface area contributed by atoms with Gasteiger partial charge in [0.05, 0.1) is 15.7 Å². The third kappa shape index (κ3) is 6.47. The normalized spacial score (nSPS) is 11.3. The highest BCUT2D eigenvalue weighted by Gasteiger charge is 2.23. The van der Waals surface area contributed by atoms with Crippen molar-refractivity contribution in [2.75, 3.05) is 11.9 Å². The molecule has 0 aliphatic carbocycles. The Morgan fingerprint density at radius 2 is 1.74 bits per heavy atom. The lowest BCUT2D eigenvalue weighted by Crippen LogP contribution is -2.46. The summed E-state index contributed by atoms with van der Waals surface area (Å²) in [6, 6.07) is 11.8. The molecule has 0 heterocycles. The van der Waals surface area contributed by atoms with Crippen molar-refractivity contribution < 1.29 is 19.1 Å². The number of ether oxygens (including phenoxy) is 1. The predicted octanol–water partition coefficient (Wildman–Crippen LogP) is 2.75. The Labute approximate surface area is 165 Å². The highest BCUT2D eigenvalue weighted by molar-refractivity contribution is 6.44. The van der Waals surface area contributed by atoms with Crippen LogP contribution >= 0.6 is 23.2 Å². The van der Waals surface area contributed by atoms with Gasteiger partial charge in [-0.25, -0.2) is 9.59 Å². The number of hydrogen-bond acceptors (Lipinski definition) is 4. The number of anilines is 1. The van der Waals surface area contributed by atoms with Gasteiger partial charge in [-0.3, -0.25) is 4.79 Å². The number of hydrogen-bond donors (Lipinski definition) is 3. The Morgan fingerprint density at radius 1 is 1.04 bits per heavy atom. The van der Waals surface area contributed by atoms with Crippen molar-refractivity contribution in [1.29, 1.82) is 0 Å². The van der Waals surface area contributed by atoms with Gasteiger partial charge in [-0.05, 0) is 17.7 Å². The van der Waals surface area contributed by atoms with E-state index in [1.54, 1.807) is 42.5 Å². The standard InChI is InChI=1S/C18H17Cl2N3O4/c19-12-7-4-8-13(16(12)20)22-15(24)10-27-17(25)14(23-18(21)26)9-11-5-2-1-3-6-11/h1-8,14H,9-10H2,(H,22,24)(H3,21,23,26)/t14-/m0/s1. The second-order valence-electron chi connectivity index (χ2n) is 5.51. The van der Waals surface area contributed by atoms with Crippen LogP contribution in [0.25, 0.3) is 0 Å². The molecular formula is C18H17Cl2N3O4. The van der Waals surface area contributed by atoms with Crippen molar-refractivity contribution in [1.82, 2.24) is 5.32 Å². The molecule has 0 bridgehead atoms. The van der Waals surface area contributed by atoms with Gasteiger partial charge in [0.2, 0.25) is 0 Å². The van der Waals surface area contributed by atoms with E-state index >= 15 is 0 Å².